The molecule has 0 amide bonds. The van der Waals surface area contributed by atoms with Crippen molar-refractivity contribution in [3.63, 3.8) is 0 Å². The maximum atomic E-state index is 13.8. The van der Waals surface area contributed by atoms with Gasteiger partial charge in [0.05, 0.1) is 13.7 Å². The van der Waals surface area contributed by atoms with E-state index in [0.717, 1.165) is 0 Å². The molecule has 8 heteroatoms. The molecule has 0 saturated carbocycles. The Kier molecular flexibility index (Phi) is 5.65. The van der Waals surface area contributed by atoms with Gasteiger partial charge in [0.1, 0.15) is 18.1 Å². The number of halogens is 1. The second kappa shape index (κ2) is 8.31. The van der Waals surface area contributed by atoms with Crippen molar-refractivity contribution in [3.8, 4) is 22.8 Å². The van der Waals surface area contributed by atoms with E-state index in [4.69, 9.17) is 14.2 Å². The van der Waals surface area contributed by atoms with Crippen LogP contribution in [0.2, 0.25) is 0 Å². The van der Waals surface area contributed by atoms with E-state index >= 15 is 0 Å². The van der Waals surface area contributed by atoms with Crippen LogP contribution in [0.15, 0.2) is 42.5 Å². The van der Waals surface area contributed by atoms with Crippen LogP contribution in [0.5, 0.6) is 11.5 Å². The van der Waals surface area contributed by atoms with E-state index in [0.29, 0.717) is 28.3 Å². The molecule has 0 unspecified atom stereocenters. The van der Waals surface area contributed by atoms with Crippen molar-refractivity contribution in [2.75, 3.05) is 13.7 Å². The highest BCUT2D eigenvalue weighted by molar-refractivity contribution is 5.94. The second-order valence-corrected chi connectivity index (χ2v) is 5.49. The van der Waals surface area contributed by atoms with Crippen molar-refractivity contribution in [1.29, 1.82) is 0 Å². The molecule has 3 rings (SSSR count). The lowest BCUT2D eigenvalue weighted by molar-refractivity contribution is 0.0520. The standard InChI is InChI=1S/C19H18FN3O4/c1-3-26-19(24)18-17(21-23-22-18)12-8-9-15(25-2)16(10-12)27-11-13-6-4-5-7-14(13)20/h4-10H,3,11H2,1-2H3,(H,21,22,23). The van der Waals surface area contributed by atoms with Crippen LogP contribution < -0.4 is 9.47 Å². The number of esters is 1. The topological polar surface area (TPSA) is 86.3 Å². The number of benzene rings is 2. The maximum Gasteiger partial charge on any atom is 0.361 e. The third-order valence-corrected chi connectivity index (χ3v) is 3.79. The smallest absolute Gasteiger partial charge is 0.361 e. The van der Waals surface area contributed by atoms with Gasteiger partial charge in [0.25, 0.3) is 0 Å². The number of methoxy groups -OCH3 is 1. The molecule has 0 aliphatic rings. The van der Waals surface area contributed by atoms with Crippen molar-refractivity contribution >= 4 is 5.97 Å². The number of rotatable bonds is 7. The van der Waals surface area contributed by atoms with E-state index in [9.17, 15) is 9.18 Å². The summed E-state index contributed by atoms with van der Waals surface area (Å²) in [6.07, 6.45) is 0. The fourth-order valence-corrected chi connectivity index (χ4v) is 2.48. The van der Waals surface area contributed by atoms with E-state index in [2.05, 4.69) is 15.4 Å². The van der Waals surface area contributed by atoms with Gasteiger partial charge in [-0.25, -0.2) is 9.18 Å². The molecule has 0 bridgehead atoms. The molecule has 2 aromatic carbocycles. The second-order valence-electron chi connectivity index (χ2n) is 5.49. The summed E-state index contributed by atoms with van der Waals surface area (Å²) < 4.78 is 29.8. The van der Waals surface area contributed by atoms with Crippen molar-refractivity contribution in [1.82, 2.24) is 15.4 Å². The first-order valence-electron chi connectivity index (χ1n) is 8.26. The van der Waals surface area contributed by atoms with Crippen LogP contribution in [0.3, 0.4) is 0 Å². The minimum Gasteiger partial charge on any atom is -0.493 e. The number of nitrogens with zero attached hydrogens (tertiary/aromatic N) is 2. The predicted octanol–water partition coefficient (Wildman–Crippen LogP) is 3.38. The molecule has 0 fully saturated rings. The van der Waals surface area contributed by atoms with E-state index < -0.39 is 5.97 Å². The number of nitrogens with one attached hydrogen (secondary N) is 1. The number of hydrogen-bond acceptors (Lipinski definition) is 6. The third-order valence-electron chi connectivity index (χ3n) is 3.79. The fourth-order valence-electron chi connectivity index (χ4n) is 2.48. The van der Waals surface area contributed by atoms with Gasteiger partial charge in [-0.3, -0.25) is 0 Å². The van der Waals surface area contributed by atoms with E-state index in [1.807, 2.05) is 0 Å². The molecule has 1 heterocycles. The molecule has 0 spiro atoms. The first kappa shape index (κ1) is 18.4. The van der Waals surface area contributed by atoms with Crippen LogP contribution in [0.1, 0.15) is 23.0 Å². The monoisotopic (exact) mass is 371 g/mol. The molecule has 7 nitrogen and oxygen atoms in total. The molecule has 3 aromatic rings. The predicted molar refractivity (Wildman–Crippen MR) is 95.1 cm³/mol. The van der Waals surface area contributed by atoms with E-state index in [1.54, 1.807) is 43.3 Å². The number of aromatic amines is 1. The third kappa shape index (κ3) is 4.05. The fraction of sp³-hybridized carbons (Fsp3) is 0.211. The summed E-state index contributed by atoms with van der Waals surface area (Å²) in [4.78, 5) is 12.0. The number of carbonyl (C=O) groups is 1. The van der Waals surface area contributed by atoms with Crippen LogP contribution in [-0.4, -0.2) is 35.1 Å². The molecule has 140 valence electrons. The Morgan fingerprint density at radius 2 is 1.96 bits per heavy atom. The summed E-state index contributed by atoms with van der Waals surface area (Å²) in [6, 6.07) is 11.4. The van der Waals surface area contributed by atoms with Crippen LogP contribution in [0.25, 0.3) is 11.3 Å². The summed E-state index contributed by atoms with van der Waals surface area (Å²) in [6.45, 7) is 1.96. The molecule has 0 radical (unpaired) electrons. The average Bonchev–Trinajstić information content (AvgIpc) is 3.17. The lowest BCUT2D eigenvalue weighted by Crippen LogP contribution is -2.07. The maximum absolute atomic E-state index is 13.8. The van der Waals surface area contributed by atoms with Gasteiger partial charge in [-0.1, -0.05) is 18.2 Å². The Balaban J connectivity index is 1.89. The SMILES string of the molecule is CCOC(=O)c1n[nH]nc1-c1ccc(OC)c(OCc2ccccc2F)c1. The van der Waals surface area contributed by atoms with E-state index in [-0.39, 0.29) is 24.7 Å². The minimum atomic E-state index is -0.578. The quantitative estimate of drug-likeness (QED) is 0.641. The molecular formula is C19H18FN3O4. The number of aromatic nitrogens is 3. The minimum absolute atomic E-state index is 0.0238. The lowest BCUT2D eigenvalue weighted by Gasteiger charge is -2.12. The first-order chi connectivity index (χ1) is 13.1. The zero-order valence-corrected chi connectivity index (χ0v) is 14.9. The molecular weight excluding hydrogens is 353 g/mol. The Morgan fingerprint density at radius 3 is 2.70 bits per heavy atom. The van der Waals surface area contributed by atoms with Crippen molar-refractivity contribution in [3.05, 3.63) is 59.5 Å². The van der Waals surface area contributed by atoms with Crippen LogP contribution >= 0.6 is 0 Å². The summed E-state index contributed by atoms with van der Waals surface area (Å²) in [5, 5.41) is 10.3. The zero-order chi connectivity index (χ0) is 19.2. The average molecular weight is 371 g/mol. The van der Waals surface area contributed by atoms with Gasteiger partial charge in [-0.15, -0.1) is 5.10 Å². The summed E-state index contributed by atoms with van der Waals surface area (Å²) >= 11 is 0. The molecule has 1 aromatic heterocycles. The normalized spacial score (nSPS) is 10.5. The molecule has 0 aliphatic carbocycles. The zero-order valence-electron chi connectivity index (χ0n) is 14.9. The van der Waals surface area contributed by atoms with Crippen LogP contribution in [-0.2, 0) is 11.3 Å². The van der Waals surface area contributed by atoms with Gasteiger partial charge in [0.15, 0.2) is 17.2 Å². The van der Waals surface area contributed by atoms with Gasteiger partial charge in [-0.05, 0) is 31.2 Å². The Bertz CT molecular complexity index is 942. The van der Waals surface area contributed by atoms with Crippen molar-refractivity contribution in [2.24, 2.45) is 0 Å². The Labute approximate surface area is 155 Å². The highest BCUT2D eigenvalue weighted by Gasteiger charge is 2.20. The number of H-pyrrole nitrogens is 1. The highest BCUT2D eigenvalue weighted by Crippen LogP contribution is 2.33. The van der Waals surface area contributed by atoms with Crippen molar-refractivity contribution in [2.45, 2.75) is 13.5 Å². The van der Waals surface area contributed by atoms with Gasteiger partial charge in [0.2, 0.25) is 0 Å². The molecule has 27 heavy (non-hydrogen) atoms. The van der Waals surface area contributed by atoms with Crippen molar-refractivity contribution < 1.29 is 23.4 Å². The molecule has 1 N–H and O–H groups in total. The molecule has 0 atom stereocenters. The lowest BCUT2D eigenvalue weighted by atomic mass is 10.1. The summed E-state index contributed by atoms with van der Waals surface area (Å²) in [5.74, 6) is -0.0769. The Morgan fingerprint density at radius 1 is 1.15 bits per heavy atom. The molecule has 0 saturated heterocycles. The largest absolute Gasteiger partial charge is 0.493 e. The summed E-state index contributed by atoms with van der Waals surface area (Å²) in [7, 11) is 1.51. The number of carbonyl (C=O) groups excluding carboxylic acids is 1. The number of ether oxygens (including phenoxy) is 3. The van der Waals surface area contributed by atoms with Gasteiger partial charge >= 0.3 is 5.97 Å². The Hall–Kier alpha value is -3.42. The first-order valence-corrected chi connectivity index (χ1v) is 8.26. The van der Waals surface area contributed by atoms with Gasteiger partial charge in [0, 0.05) is 11.1 Å². The van der Waals surface area contributed by atoms with Crippen LogP contribution in [0, 0.1) is 5.82 Å². The highest BCUT2D eigenvalue weighted by atomic mass is 19.1. The van der Waals surface area contributed by atoms with Crippen LogP contribution in [0.4, 0.5) is 4.39 Å². The van der Waals surface area contributed by atoms with Gasteiger partial charge in [-0.2, -0.15) is 10.3 Å². The van der Waals surface area contributed by atoms with E-state index in [1.165, 1.54) is 13.2 Å². The number of hydrogen-bond donors (Lipinski definition) is 1. The molecule has 0 aliphatic heterocycles. The summed E-state index contributed by atoms with van der Waals surface area (Å²) in [5.41, 5.74) is 1.39. The van der Waals surface area contributed by atoms with Gasteiger partial charge < -0.3 is 14.2 Å².